The second kappa shape index (κ2) is 3.93. The molecule has 0 aliphatic carbocycles. The second-order valence-electron chi connectivity index (χ2n) is 2.31. The number of carboxylic acid groups (broad SMARTS) is 1. The van der Waals surface area contributed by atoms with Gasteiger partial charge in [-0.2, -0.15) is 0 Å². The topological polar surface area (TPSA) is 37.3 Å². The third-order valence-electron chi connectivity index (χ3n) is 1.30. The summed E-state index contributed by atoms with van der Waals surface area (Å²) in [6.45, 7) is 1.96. The van der Waals surface area contributed by atoms with Crippen molar-refractivity contribution in [3.05, 3.63) is 21.9 Å². The van der Waals surface area contributed by atoms with Crippen molar-refractivity contribution < 1.29 is 9.90 Å². The fourth-order valence-electron chi connectivity index (χ4n) is 0.701. The van der Waals surface area contributed by atoms with Gasteiger partial charge < -0.3 is 5.11 Å². The molecule has 0 radical (unpaired) electrons. The van der Waals surface area contributed by atoms with Crippen LogP contribution in [-0.4, -0.2) is 11.1 Å². The maximum absolute atomic E-state index is 10.1. The van der Waals surface area contributed by atoms with Gasteiger partial charge in [-0.15, -0.1) is 11.3 Å². The molecular weight excluding hydrogens is 172 g/mol. The Balaban J connectivity index is 2.67. The van der Waals surface area contributed by atoms with Gasteiger partial charge in [-0.3, -0.25) is 4.79 Å². The average Bonchev–Trinajstić information content (AvgIpc) is 2.36. The summed E-state index contributed by atoms with van der Waals surface area (Å²) < 4.78 is 0. The van der Waals surface area contributed by atoms with Crippen LogP contribution >= 0.6 is 11.3 Å². The molecule has 0 amide bonds. The summed E-state index contributed by atoms with van der Waals surface area (Å²) in [6, 6.07) is 1.97. The molecule has 0 saturated carbocycles. The normalized spacial score (nSPS) is 8.75. The summed E-state index contributed by atoms with van der Waals surface area (Å²) in [7, 11) is 0. The van der Waals surface area contributed by atoms with Crippen molar-refractivity contribution >= 4 is 17.3 Å². The third kappa shape index (κ3) is 2.40. The molecular formula is C9H8O2S. The summed E-state index contributed by atoms with van der Waals surface area (Å²) in [6.07, 6.45) is -0.0860. The minimum absolute atomic E-state index is 0.0860. The van der Waals surface area contributed by atoms with E-state index in [0.29, 0.717) is 0 Å². The molecule has 2 nitrogen and oxygen atoms in total. The van der Waals surface area contributed by atoms with Crippen molar-refractivity contribution in [2.24, 2.45) is 0 Å². The second-order valence-corrected chi connectivity index (χ2v) is 3.22. The highest BCUT2D eigenvalue weighted by Crippen LogP contribution is 2.13. The maximum Gasteiger partial charge on any atom is 0.315 e. The fourth-order valence-corrected chi connectivity index (χ4v) is 1.49. The van der Waals surface area contributed by atoms with E-state index >= 15 is 0 Å². The first-order chi connectivity index (χ1) is 5.70. The molecule has 0 unspecified atom stereocenters. The van der Waals surface area contributed by atoms with Crippen LogP contribution in [0.4, 0.5) is 0 Å². The van der Waals surface area contributed by atoms with Crippen LogP contribution in [0.25, 0.3) is 0 Å². The van der Waals surface area contributed by atoms with Crippen molar-refractivity contribution in [3.8, 4) is 11.8 Å². The molecule has 1 aromatic heterocycles. The van der Waals surface area contributed by atoms with E-state index in [9.17, 15) is 4.79 Å². The quantitative estimate of drug-likeness (QED) is 0.670. The lowest BCUT2D eigenvalue weighted by Crippen LogP contribution is -1.90. The van der Waals surface area contributed by atoms with Crippen molar-refractivity contribution in [1.29, 1.82) is 0 Å². The summed E-state index contributed by atoms with van der Waals surface area (Å²) in [5.41, 5.74) is 1.11. The number of aliphatic carboxylic acids is 1. The first kappa shape index (κ1) is 8.82. The minimum atomic E-state index is -0.878. The van der Waals surface area contributed by atoms with Gasteiger partial charge in [0.1, 0.15) is 6.42 Å². The Bertz CT molecular complexity index is 341. The molecule has 12 heavy (non-hydrogen) atoms. The summed E-state index contributed by atoms with van der Waals surface area (Å²) in [5, 5.41) is 10.3. The Morgan fingerprint density at radius 3 is 3.00 bits per heavy atom. The van der Waals surface area contributed by atoms with E-state index in [4.69, 9.17) is 5.11 Å². The van der Waals surface area contributed by atoms with E-state index < -0.39 is 5.97 Å². The van der Waals surface area contributed by atoms with Crippen LogP contribution in [0.2, 0.25) is 0 Å². The monoisotopic (exact) mass is 180 g/mol. The molecule has 1 rings (SSSR count). The standard InChI is InChI=1S/C9H8O2S/c1-7-5-6-12-8(7)3-2-4-9(10)11/h5-6H,4H2,1H3,(H,10,11). The predicted octanol–water partition coefficient (Wildman–Crippen LogP) is 1.88. The van der Waals surface area contributed by atoms with Crippen LogP contribution in [0, 0.1) is 18.8 Å². The molecule has 0 atom stereocenters. The van der Waals surface area contributed by atoms with E-state index in [1.165, 1.54) is 11.3 Å². The predicted molar refractivity (Wildman–Crippen MR) is 48.2 cm³/mol. The Morgan fingerprint density at radius 1 is 1.75 bits per heavy atom. The van der Waals surface area contributed by atoms with Crippen molar-refractivity contribution in [3.63, 3.8) is 0 Å². The number of carboxylic acids is 1. The smallest absolute Gasteiger partial charge is 0.315 e. The highest BCUT2D eigenvalue weighted by molar-refractivity contribution is 7.10. The van der Waals surface area contributed by atoms with Crippen molar-refractivity contribution in [1.82, 2.24) is 0 Å². The maximum atomic E-state index is 10.1. The molecule has 0 aromatic carbocycles. The number of carbonyl (C=O) groups is 1. The van der Waals surface area contributed by atoms with Gasteiger partial charge in [-0.05, 0) is 23.9 Å². The van der Waals surface area contributed by atoms with Crippen LogP contribution in [0.1, 0.15) is 16.9 Å². The molecule has 1 N–H and O–H groups in total. The number of aryl methyl sites for hydroxylation is 1. The molecule has 62 valence electrons. The average molecular weight is 180 g/mol. The highest BCUT2D eigenvalue weighted by atomic mass is 32.1. The van der Waals surface area contributed by atoms with Crippen LogP contribution in [0.15, 0.2) is 11.4 Å². The number of thiophene rings is 1. The minimum Gasteiger partial charge on any atom is -0.481 e. The lowest BCUT2D eigenvalue weighted by Gasteiger charge is -1.83. The lowest BCUT2D eigenvalue weighted by atomic mass is 10.3. The van der Waals surface area contributed by atoms with Gasteiger partial charge in [-0.1, -0.05) is 11.8 Å². The van der Waals surface area contributed by atoms with E-state index in [-0.39, 0.29) is 6.42 Å². The van der Waals surface area contributed by atoms with E-state index in [2.05, 4.69) is 11.8 Å². The summed E-state index contributed by atoms with van der Waals surface area (Å²) >= 11 is 1.53. The molecule has 0 aliphatic heterocycles. The first-order valence-electron chi connectivity index (χ1n) is 3.45. The largest absolute Gasteiger partial charge is 0.481 e. The molecule has 1 aromatic rings. The lowest BCUT2D eigenvalue weighted by molar-refractivity contribution is -0.135. The summed E-state index contributed by atoms with van der Waals surface area (Å²) in [5.74, 6) is 4.52. The van der Waals surface area contributed by atoms with Gasteiger partial charge in [0.2, 0.25) is 0 Å². The number of hydrogen-bond acceptors (Lipinski definition) is 2. The highest BCUT2D eigenvalue weighted by Gasteiger charge is 1.94. The molecule has 1 heterocycles. The van der Waals surface area contributed by atoms with Gasteiger partial charge >= 0.3 is 5.97 Å². The summed E-state index contributed by atoms with van der Waals surface area (Å²) in [4.78, 5) is 11.1. The zero-order valence-electron chi connectivity index (χ0n) is 6.63. The molecule has 0 aliphatic rings. The Kier molecular flexibility index (Phi) is 2.89. The zero-order valence-corrected chi connectivity index (χ0v) is 7.44. The van der Waals surface area contributed by atoms with Crippen molar-refractivity contribution in [2.45, 2.75) is 13.3 Å². The Labute approximate surface area is 74.9 Å². The van der Waals surface area contributed by atoms with Gasteiger partial charge in [0, 0.05) is 0 Å². The zero-order chi connectivity index (χ0) is 8.97. The number of rotatable bonds is 1. The SMILES string of the molecule is Cc1ccsc1C#CCC(=O)O. The number of hydrogen-bond donors (Lipinski definition) is 1. The van der Waals surface area contributed by atoms with E-state index in [1.807, 2.05) is 18.4 Å². The fraction of sp³-hybridized carbons (Fsp3) is 0.222. The Hall–Kier alpha value is -1.27. The third-order valence-corrected chi connectivity index (χ3v) is 2.24. The van der Waals surface area contributed by atoms with Gasteiger partial charge in [0.15, 0.2) is 0 Å². The van der Waals surface area contributed by atoms with E-state index in [1.54, 1.807) is 0 Å². The molecule has 0 spiro atoms. The molecule has 0 fully saturated rings. The molecule has 0 saturated heterocycles. The van der Waals surface area contributed by atoms with Crippen LogP contribution < -0.4 is 0 Å². The van der Waals surface area contributed by atoms with Gasteiger partial charge in [0.05, 0.1) is 4.88 Å². The van der Waals surface area contributed by atoms with Crippen LogP contribution in [0.3, 0.4) is 0 Å². The van der Waals surface area contributed by atoms with Crippen LogP contribution in [0.5, 0.6) is 0 Å². The van der Waals surface area contributed by atoms with E-state index in [0.717, 1.165) is 10.4 Å². The van der Waals surface area contributed by atoms with Crippen LogP contribution in [-0.2, 0) is 4.79 Å². The Morgan fingerprint density at radius 2 is 2.50 bits per heavy atom. The molecule has 0 bridgehead atoms. The van der Waals surface area contributed by atoms with Crippen molar-refractivity contribution in [2.75, 3.05) is 0 Å². The van der Waals surface area contributed by atoms with Gasteiger partial charge in [-0.25, -0.2) is 0 Å². The van der Waals surface area contributed by atoms with Gasteiger partial charge in [0.25, 0.3) is 0 Å². The first-order valence-corrected chi connectivity index (χ1v) is 4.33. The molecule has 3 heteroatoms.